The Morgan fingerprint density at radius 2 is 1.64 bits per heavy atom. The van der Waals surface area contributed by atoms with Gasteiger partial charge in [-0.2, -0.15) is 0 Å². The maximum absolute atomic E-state index is 4.08. The smallest absolute Gasteiger partial charge is 0.00925 e. The van der Waals surface area contributed by atoms with Crippen molar-refractivity contribution in [3.8, 4) is 0 Å². The molecular formula is C24H47N. The van der Waals surface area contributed by atoms with Crippen molar-refractivity contribution < 1.29 is 0 Å². The van der Waals surface area contributed by atoms with E-state index in [1.54, 1.807) is 0 Å². The minimum Gasteiger partial charge on any atom is -0.311 e. The molecule has 2 aliphatic rings. The maximum atomic E-state index is 4.08. The van der Waals surface area contributed by atoms with Crippen LogP contribution in [0.1, 0.15) is 113 Å². The minimum absolute atomic E-state index is 0.559. The van der Waals surface area contributed by atoms with Crippen molar-refractivity contribution >= 4 is 0 Å². The van der Waals surface area contributed by atoms with E-state index in [2.05, 4.69) is 53.8 Å². The largest absolute Gasteiger partial charge is 0.311 e. The predicted octanol–water partition coefficient (Wildman–Crippen LogP) is 7.20. The molecule has 6 atom stereocenters. The quantitative estimate of drug-likeness (QED) is 0.488. The second-order valence-electron chi connectivity index (χ2n) is 10.4. The van der Waals surface area contributed by atoms with Gasteiger partial charge in [0.25, 0.3) is 0 Å². The lowest BCUT2D eigenvalue weighted by molar-refractivity contribution is -0.0778. The average molecular weight is 350 g/mol. The third-order valence-corrected chi connectivity index (χ3v) is 8.54. The third-order valence-electron chi connectivity index (χ3n) is 8.54. The van der Waals surface area contributed by atoms with E-state index in [0.29, 0.717) is 22.9 Å². The topological polar surface area (TPSA) is 12.0 Å². The van der Waals surface area contributed by atoms with Crippen LogP contribution < -0.4 is 5.32 Å². The lowest BCUT2D eigenvalue weighted by Crippen LogP contribution is -2.51. The summed E-state index contributed by atoms with van der Waals surface area (Å²) in [6.07, 6.45) is 14.0. The van der Waals surface area contributed by atoms with Crippen LogP contribution in [0.3, 0.4) is 0 Å². The van der Waals surface area contributed by atoms with Crippen LogP contribution in [-0.4, -0.2) is 12.1 Å². The van der Waals surface area contributed by atoms with Crippen molar-refractivity contribution in [1.29, 1.82) is 0 Å². The normalized spacial score (nSPS) is 35.6. The average Bonchev–Trinajstić information content (AvgIpc) is 2.58. The highest BCUT2D eigenvalue weighted by atomic mass is 15.0. The molecule has 6 unspecified atom stereocenters. The van der Waals surface area contributed by atoms with Crippen molar-refractivity contribution in [3.05, 3.63) is 0 Å². The second-order valence-corrected chi connectivity index (χ2v) is 10.4. The molecule has 0 aromatic rings. The first-order valence-corrected chi connectivity index (χ1v) is 11.5. The Labute approximate surface area is 159 Å². The lowest BCUT2D eigenvalue weighted by atomic mass is 9.48. The van der Waals surface area contributed by atoms with Crippen molar-refractivity contribution in [3.63, 3.8) is 0 Å². The van der Waals surface area contributed by atoms with Gasteiger partial charge in [-0.05, 0) is 73.5 Å². The molecule has 2 fully saturated rings. The van der Waals surface area contributed by atoms with E-state index in [1.165, 1.54) is 64.2 Å². The molecule has 0 bridgehead atoms. The molecule has 0 saturated heterocycles. The third kappa shape index (κ3) is 4.63. The molecule has 148 valence electrons. The van der Waals surface area contributed by atoms with Gasteiger partial charge in [0, 0.05) is 12.1 Å². The van der Waals surface area contributed by atoms with E-state index in [1.807, 2.05) is 0 Å². The van der Waals surface area contributed by atoms with Gasteiger partial charge in [-0.3, -0.25) is 0 Å². The zero-order chi connectivity index (χ0) is 18.7. The Bertz CT molecular complexity index is 401. The Balaban J connectivity index is 2.08. The molecule has 0 aromatic carbocycles. The number of nitrogens with one attached hydrogen (secondary N) is 1. The zero-order valence-corrected chi connectivity index (χ0v) is 18.5. The van der Waals surface area contributed by atoms with Crippen LogP contribution in [-0.2, 0) is 0 Å². The summed E-state index contributed by atoms with van der Waals surface area (Å²) in [6.45, 7) is 17.3. The van der Waals surface area contributed by atoms with Crippen molar-refractivity contribution in [2.45, 2.75) is 125 Å². The van der Waals surface area contributed by atoms with Gasteiger partial charge in [-0.15, -0.1) is 0 Å². The molecule has 0 heterocycles. The minimum atomic E-state index is 0.559. The van der Waals surface area contributed by atoms with Crippen LogP contribution in [0, 0.1) is 28.6 Å². The van der Waals surface area contributed by atoms with Crippen LogP contribution >= 0.6 is 0 Å². The monoisotopic (exact) mass is 349 g/mol. The van der Waals surface area contributed by atoms with Crippen LogP contribution in [0.25, 0.3) is 0 Å². The highest BCUT2D eigenvalue weighted by Crippen LogP contribution is 2.60. The summed E-state index contributed by atoms with van der Waals surface area (Å²) in [5.41, 5.74) is 1.15. The Morgan fingerprint density at radius 1 is 0.920 bits per heavy atom. The second kappa shape index (κ2) is 8.77. The summed E-state index contributed by atoms with van der Waals surface area (Å²) in [7, 11) is 0. The summed E-state index contributed by atoms with van der Waals surface area (Å²) in [5, 5.41) is 4.08. The van der Waals surface area contributed by atoms with Gasteiger partial charge >= 0.3 is 0 Å². The highest BCUT2D eigenvalue weighted by Gasteiger charge is 2.51. The highest BCUT2D eigenvalue weighted by molar-refractivity contribution is 5.02. The van der Waals surface area contributed by atoms with Crippen LogP contribution in [0.15, 0.2) is 0 Å². The molecular weight excluding hydrogens is 302 g/mol. The summed E-state index contributed by atoms with van der Waals surface area (Å²) < 4.78 is 0. The molecule has 1 heteroatoms. The van der Waals surface area contributed by atoms with Crippen molar-refractivity contribution in [1.82, 2.24) is 5.32 Å². The van der Waals surface area contributed by atoms with E-state index in [4.69, 9.17) is 0 Å². The van der Waals surface area contributed by atoms with Gasteiger partial charge in [0.1, 0.15) is 0 Å². The molecule has 1 N–H and O–H groups in total. The molecule has 0 aliphatic heterocycles. The molecule has 25 heavy (non-hydrogen) atoms. The molecule has 2 rings (SSSR count). The Morgan fingerprint density at radius 3 is 2.24 bits per heavy atom. The number of hydrogen-bond donors (Lipinski definition) is 1. The van der Waals surface area contributed by atoms with E-state index in [-0.39, 0.29) is 0 Å². The molecule has 2 aliphatic carbocycles. The number of fused-ring (bicyclic) bond motifs is 1. The van der Waals surface area contributed by atoms with Crippen molar-refractivity contribution in [2.24, 2.45) is 28.6 Å². The van der Waals surface area contributed by atoms with Crippen LogP contribution in [0.5, 0.6) is 0 Å². The summed E-state index contributed by atoms with van der Waals surface area (Å²) in [5.74, 6) is 2.67. The lowest BCUT2D eigenvalue weighted by Gasteiger charge is -2.58. The Kier molecular flexibility index (Phi) is 7.45. The zero-order valence-electron chi connectivity index (χ0n) is 18.5. The number of hydrogen-bond acceptors (Lipinski definition) is 1. The molecule has 0 spiro atoms. The van der Waals surface area contributed by atoms with Gasteiger partial charge in [-0.1, -0.05) is 67.7 Å². The van der Waals surface area contributed by atoms with Gasteiger partial charge in [-0.25, -0.2) is 0 Å². The van der Waals surface area contributed by atoms with Gasteiger partial charge in [0.2, 0.25) is 0 Å². The first-order chi connectivity index (χ1) is 11.8. The van der Waals surface area contributed by atoms with Crippen LogP contribution in [0.4, 0.5) is 0 Å². The van der Waals surface area contributed by atoms with Crippen molar-refractivity contribution in [2.75, 3.05) is 0 Å². The first kappa shape index (κ1) is 21.3. The predicted molar refractivity (Wildman–Crippen MR) is 112 cm³/mol. The van der Waals surface area contributed by atoms with E-state index < -0.39 is 0 Å². The van der Waals surface area contributed by atoms with Crippen LogP contribution in [0.2, 0.25) is 0 Å². The SMILES string of the molecule is CCC(CC1CCCC2C(C)(C)CCCC12C)NC(CC)C(C)CC. The standard InChI is InChI=1S/C24H47N/c1-8-18(4)21(10-3)25-20(9-2)17-19-13-11-14-22-23(5,6)15-12-16-24(19,22)7/h18-22,25H,8-17H2,1-7H3. The maximum Gasteiger partial charge on any atom is 0.00925 e. The molecule has 2 saturated carbocycles. The molecule has 0 amide bonds. The Hall–Kier alpha value is -0.0400. The van der Waals surface area contributed by atoms with Gasteiger partial charge < -0.3 is 5.32 Å². The van der Waals surface area contributed by atoms with E-state index in [9.17, 15) is 0 Å². The van der Waals surface area contributed by atoms with E-state index >= 15 is 0 Å². The van der Waals surface area contributed by atoms with E-state index in [0.717, 1.165) is 17.8 Å². The molecule has 0 radical (unpaired) electrons. The molecule has 0 aromatic heterocycles. The first-order valence-electron chi connectivity index (χ1n) is 11.5. The van der Waals surface area contributed by atoms with Gasteiger partial charge in [0.05, 0.1) is 0 Å². The van der Waals surface area contributed by atoms with Gasteiger partial charge in [0.15, 0.2) is 0 Å². The summed E-state index contributed by atoms with van der Waals surface area (Å²) >= 11 is 0. The number of rotatable bonds is 8. The fraction of sp³-hybridized carbons (Fsp3) is 1.00. The fourth-order valence-corrected chi connectivity index (χ4v) is 6.63. The summed E-state index contributed by atoms with van der Waals surface area (Å²) in [4.78, 5) is 0. The fourth-order valence-electron chi connectivity index (χ4n) is 6.63. The summed E-state index contributed by atoms with van der Waals surface area (Å²) in [6, 6.07) is 1.41. The molecule has 1 nitrogen and oxygen atoms in total.